The molecule has 0 radical (unpaired) electrons. The molecule has 484 valence electrons. The molecule has 0 bridgehead atoms. The van der Waals surface area contributed by atoms with Crippen LogP contribution in [0.4, 0.5) is 0 Å². The Balaban J connectivity index is 4.34. The Labute approximate surface area is 517 Å². The van der Waals surface area contributed by atoms with Gasteiger partial charge in [0, 0.05) is 19.3 Å². The maximum absolute atomic E-state index is 13.0. The van der Waals surface area contributed by atoms with E-state index in [-0.39, 0.29) is 31.1 Å². The summed E-state index contributed by atoms with van der Waals surface area (Å²) >= 11 is 0. The lowest BCUT2D eigenvalue weighted by Gasteiger charge is -2.18. The monoisotopic (exact) mass is 1160 g/mol. The van der Waals surface area contributed by atoms with Gasteiger partial charge in [-0.25, -0.2) is 0 Å². The van der Waals surface area contributed by atoms with Crippen molar-refractivity contribution in [1.82, 2.24) is 0 Å². The Hall–Kier alpha value is -2.89. The zero-order valence-electron chi connectivity index (χ0n) is 55.7. The standard InChI is InChI=1S/C77H140O6/c1-4-7-10-13-16-19-22-25-28-31-34-36-38-40-41-43-46-49-52-55-58-61-64-67-70-76(79)82-73-74(72-81-75(78)69-66-63-60-57-54-51-48-45-33-30-27-24-21-18-15-12-9-6-3)83-77(80)71-68-65-62-59-56-53-50-47-44-42-39-37-35-32-29-26-23-20-17-14-11-8-5-2/h21,23-24,26,30,32-33,35,39,42,74H,4-20,22,25,27-29,31,34,36-38,40-41,43-73H2,1-3H3/b24-21-,26-23-,33-30-,35-32-,42-39-. The molecule has 6 nitrogen and oxygen atoms in total. The van der Waals surface area contributed by atoms with Crippen LogP contribution in [0.5, 0.6) is 0 Å². The maximum atomic E-state index is 13.0. The molecule has 0 saturated carbocycles. The quantitative estimate of drug-likeness (QED) is 0.0261. The van der Waals surface area contributed by atoms with Crippen LogP contribution in [0, 0.1) is 0 Å². The summed E-state index contributed by atoms with van der Waals surface area (Å²) in [5.41, 5.74) is 0. The van der Waals surface area contributed by atoms with Gasteiger partial charge in [-0.2, -0.15) is 0 Å². The van der Waals surface area contributed by atoms with E-state index in [4.69, 9.17) is 14.2 Å². The highest BCUT2D eigenvalue weighted by Crippen LogP contribution is 2.18. The Morgan fingerprint density at radius 3 is 0.687 bits per heavy atom. The van der Waals surface area contributed by atoms with Crippen molar-refractivity contribution in [1.29, 1.82) is 0 Å². The van der Waals surface area contributed by atoms with E-state index in [0.717, 1.165) is 89.9 Å². The van der Waals surface area contributed by atoms with Crippen LogP contribution in [-0.4, -0.2) is 37.2 Å². The fraction of sp³-hybridized carbons (Fsp3) is 0.831. The summed E-state index contributed by atoms with van der Waals surface area (Å²) < 4.78 is 17.0. The van der Waals surface area contributed by atoms with Crippen LogP contribution in [0.25, 0.3) is 0 Å². The van der Waals surface area contributed by atoms with E-state index < -0.39 is 6.10 Å². The first kappa shape index (κ1) is 80.1. The summed E-state index contributed by atoms with van der Waals surface area (Å²) in [6, 6.07) is 0. The molecule has 6 heteroatoms. The van der Waals surface area contributed by atoms with Crippen molar-refractivity contribution in [3.8, 4) is 0 Å². The van der Waals surface area contributed by atoms with Crippen molar-refractivity contribution in [2.24, 2.45) is 0 Å². The number of carbonyl (C=O) groups excluding carboxylic acids is 3. The largest absolute Gasteiger partial charge is 0.462 e. The molecule has 0 heterocycles. The van der Waals surface area contributed by atoms with Gasteiger partial charge in [0.15, 0.2) is 6.10 Å². The van der Waals surface area contributed by atoms with E-state index in [9.17, 15) is 14.4 Å². The summed E-state index contributed by atoms with van der Waals surface area (Å²) in [5, 5.41) is 0. The van der Waals surface area contributed by atoms with Gasteiger partial charge < -0.3 is 14.2 Å². The van der Waals surface area contributed by atoms with Gasteiger partial charge in [-0.15, -0.1) is 0 Å². The van der Waals surface area contributed by atoms with Gasteiger partial charge in [-0.05, 0) is 89.9 Å². The van der Waals surface area contributed by atoms with E-state index in [1.54, 1.807) is 0 Å². The molecular weight excluding hydrogens is 1020 g/mol. The molecule has 0 aliphatic rings. The molecule has 0 aromatic carbocycles. The lowest BCUT2D eigenvalue weighted by atomic mass is 10.0. The molecule has 0 rings (SSSR count). The van der Waals surface area contributed by atoms with Crippen LogP contribution in [-0.2, 0) is 28.6 Å². The second-order valence-electron chi connectivity index (χ2n) is 24.9. The van der Waals surface area contributed by atoms with Crippen molar-refractivity contribution in [2.45, 2.75) is 399 Å². The Bertz CT molecular complexity index is 1470. The van der Waals surface area contributed by atoms with Crippen LogP contribution in [0.3, 0.4) is 0 Å². The molecule has 1 unspecified atom stereocenters. The van der Waals surface area contributed by atoms with Gasteiger partial charge in [0.1, 0.15) is 13.2 Å². The van der Waals surface area contributed by atoms with Crippen LogP contribution >= 0.6 is 0 Å². The average Bonchev–Trinajstić information content (AvgIpc) is 3.50. The number of ether oxygens (including phenoxy) is 3. The van der Waals surface area contributed by atoms with Crippen molar-refractivity contribution >= 4 is 17.9 Å². The fourth-order valence-electron chi connectivity index (χ4n) is 11.0. The van der Waals surface area contributed by atoms with Gasteiger partial charge in [-0.1, -0.05) is 345 Å². The maximum Gasteiger partial charge on any atom is 0.306 e. The summed E-state index contributed by atoms with van der Waals surface area (Å²) in [6.45, 7) is 6.67. The second-order valence-corrected chi connectivity index (χ2v) is 24.9. The number of carbonyl (C=O) groups is 3. The van der Waals surface area contributed by atoms with Crippen LogP contribution in [0.1, 0.15) is 393 Å². The zero-order chi connectivity index (χ0) is 59.9. The molecule has 0 aromatic rings. The van der Waals surface area contributed by atoms with Gasteiger partial charge in [0.2, 0.25) is 0 Å². The number of allylic oxidation sites excluding steroid dienone is 10. The Morgan fingerprint density at radius 1 is 0.241 bits per heavy atom. The van der Waals surface area contributed by atoms with Crippen LogP contribution in [0.2, 0.25) is 0 Å². The highest BCUT2D eigenvalue weighted by molar-refractivity contribution is 5.71. The van der Waals surface area contributed by atoms with Crippen LogP contribution in [0.15, 0.2) is 60.8 Å². The molecule has 0 aromatic heterocycles. The SMILES string of the molecule is CCCCCC/C=C\C/C=C\CCCCCCCCCC(=O)OCC(COC(=O)CCCCCCCCCCCCCCCCCCCCCCCCCC)OC(=O)CCCCCCCCCC/C=C\C/C=C\C/C=C\CCCCCCC. The number of hydrogen-bond donors (Lipinski definition) is 0. The van der Waals surface area contributed by atoms with E-state index in [0.29, 0.717) is 19.3 Å². The molecule has 0 N–H and O–H groups in total. The summed E-state index contributed by atoms with van der Waals surface area (Å²) in [4.78, 5) is 38.5. The van der Waals surface area contributed by atoms with Crippen molar-refractivity contribution < 1.29 is 28.6 Å². The van der Waals surface area contributed by atoms with E-state index >= 15 is 0 Å². The molecule has 1 atom stereocenters. The third kappa shape index (κ3) is 69.8. The topological polar surface area (TPSA) is 78.9 Å². The normalized spacial score (nSPS) is 12.4. The summed E-state index contributed by atoms with van der Waals surface area (Å²) in [7, 11) is 0. The molecule has 0 fully saturated rings. The fourth-order valence-corrected chi connectivity index (χ4v) is 11.0. The molecule has 0 spiro atoms. The molecule has 83 heavy (non-hydrogen) atoms. The van der Waals surface area contributed by atoms with Gasteiger partial charge in [0.25, 0.3) is 0 Å². The van der Waals surface area contributed by atoms with E-state index in [1.165, 1.54) is 263 Å². The number of hydrogen-bond acceptors (Lipinski definition) is 6. The minimum absolute atomic E-state index is 0.0760. The van der Waals surface area contributed by atoms with Gasteiger partial charge >= 0.3 is 17.9 Å². The second kappa shape index (κ2) is 71.6. The third-order valence-electron chi connectivity index (χ3n) is 16.5. The number of esters is 3. The summed E-state index contributed by atoms with van der Waals surface area (Å²) in [5.74, 6) is -0.865. The van der Waals surface area contributed by atoms with Crippen LogP contribution < -0.4 is 0 Å². The van der Waals surface area contributed by atoms with Gasteiger partial charge in [0.05, 0.1) is 0 Å². The predicted octanol–water partition coefficient (Wildman–Crippen LogP) is 25.5. The van der Waals surface area contributed by atoms with Gasteiger partial charge in [-0.3, -0.25) is 14.4 Å². The lowest BCUT2D eigenvalue weighted by molar-refractivity contribution is -0.167. The molecule has 0 aliphatic heterocycles. The highest BCUT2D eigenvalue weighted by Gasteiger charge is 2.19. The first-order valence-corrected chi connectivity index (χ1v) is 36.8. The predicted molar refractivity (Wildman–Crippen MR) is 362 cm³/mol. The molecule has 0 aliphatic carbocycles. The molecule has 0 saturated heterocycles. The zero-order valence-corrected chi connectivity index (χ0v) is 55.7. The van der Waals surface area contributed by atoms with Crippen molar-refractivity contribution in [3.63, 3.8) is 0 Å². The van der Waals surface area contributed by atoms with Crippen molar-refractivity contribution in [3.05, 3.63) is 60.8 Å². The first-order valence-electron chi connectivity index (χ1n) is 36.8. The number of unbranched alkanes of at least 4 members (excludes halogenated alkanes) is 47. The van der Waals surface area contributed by atoms with Crippen molar-refractivity contribution in [2.75, 3.05) is 13.2 Å². The minimum atomic E-state index is -0.783. The highest BCUT2D eigenvalue weighted by atomic mass is 16.6. The first-order chi connectivity index (χ1) is 41.0. The summed E-state index contributed by atoms with van der Waals surface area (Å²) in [6.07, 6.45) is 92.5. The van der Waals surface area contributed by atoms with E-state index in [1.807, 2.05) is 0 Å². The average molecular weight is 1160 g/mol. The smallest absolute Gasteiger partial charge is 0.306 e. The molecule has 0 amide bonds. The Morgan fingerprint density at radius 2 is 0.434 bits per heavy atom. The third-order valence-corrected chi connectivity index (χ3v) is 16.5. The lowest BCUT2D eigenvalue weighted by Crippen LogP contribution is -2.30. The number of rotatable bonds is 68. The Kier molecular flexibility index (Phi) is 69.1. The minimum Gasteiger partial charge on any atom is -0.462 e. The van der Waals surface area contributed by atoms with E-state index in [2.05, 4.69) is 81.5 Å². The molecular formula is C77H140O6.